The number of ether oxygens (including phenoxy) is 1. The van der Waals surface area contributed by atoms with Crippen molar-refractivity contribution in [2.75, 3.05) is 13.2 Å². The minimum atomic E-state index is -1.07. The van der Waals surface area contributed by atoms with E-state index >= 15 is 0 Å². The highest BCUT2D eigenvalue weighted by molar-refractivity contribution is 6.63. The van der Waals surface area contributed by atoms with Gasteiger partial charge >= 0.3 is 11.5 Å². The molecule has 1 aromatic rings. The van der Waals surface area contributed by atoms with Crippen molar-refractivity contribution in [3.8, 4) is 0 Å². The predicted octanol–water partition coefficient (Wildman–Crippen LogP) is 2.99. The molecule has 1 saturated heterocycles. The lowest BCUT2D eigenvalue weighted by Crippen LogP contribution is -2.44. The lowest BCUT2D eigenvalue weighted by atomic mass is 9.97. The number of halogens is 2. The predicted molar refractivity (Wildman–Crippen MR) is 101 cm³/mol. The largest absolute Gasteiger partial charge is 0.450 e. The van der Waals surface area contributed by atoms with Crippen molar-refractivity contribution in [2.24, 2.45) is 0 Å². The normalized spacial score (nSPS) is 17.2. The van der Waals surface area contributed by atoms with Gasteiger partial charge in [0.05, 0.1) is 30.0 Å². The summed E-state index contributed by atoms with van der Waals surface area (Å²) < 4.78 is 18.7. The fourth-order valence-corrected chi connectivity index (χ4v) is 2.97. The summed E-state index contributed by atoms with van der Waals surface area (Å²) in [5.41, 5.74) is -1.21. The number of likely N-dealkylation sites (tertiary alicyclic amines) is 1. The van der Waals surface area contributed by atoms with Gasteiger partial charge in [-0.2, -0.15) is 0 Å². The Morgan fingerprint density at radius 3 is 2.46 bits per heavy atom. The number of hydrogen-bond acceptors (Lipinski definition) is 5. The second kappa shape index (κ2) is 8.39. The molecule has 0 aliphatic carbocycles. The van der Waals surface area contributed by atoms with Gasteiger partial charge in [0.25, 0.3) is 5.91 Å². The Balaban J connectivity index is 2.45. The van der Waals surface area contributed by atoms with Crippen LogP contribution in [-0.2, 0) is 4.74 Å². The fourth-order valence-electron chi connectivity index (χ4n) is 2.70. The van der Waals surface area contributed by atoms with Crippen molar-refractivity contribution in [3.05, 3.63) is 47.0 Å². The number of benzene rings is 1. The molecule has 1 heterocycles. The van der Waals surface area contributed by atoms with Gasteiger partial charge in [0.1, 0.15) is 11.6 Å². The number of amides is 3. The maximum Gasteiger partial charge on any atom is 0.412 e. The summed E-state index contributed by atoms with van der Waals surface area (Å²) in [6, 6.07) is 5.31. The topological polar surface area (TPSA) is 112 Å². The number of alkyl carbamates (subject to hydrolysis) is 1. The molecule has 1 aliphatic rings. The zero-order valence-corrected chi connectivity index (χ0v) is 16.3. The van der Waals surface area contributed by atoms with Crippen molar-refractivity contribution in [2.45, 2.75) is 26.3 Å². The maximum atomic E-state index is 13.9. The van der Waals surface area contributed by atoms with Gasteiger partial charge in [0.2, 0.25) is 0 Å². The molecule has 0 radical (unpaired) electrons. The Morgan fingerprint density at radius 1 is 1.29 bits per heavy atom. The first-order chi connectivity index (χ1) is 13.1. The first-order valence-electron chi connectivity index (χ1n) is 8.38. The third-order valence-corrected chi connectivity index (χ3v) is 4.48. The maximum absolute atomic E-state index is 13.9. The second-order valence-electron chi connectivity index (χ2n) is 6.41. The zero-order valence-electron chi connectivity index (χ0n) is 15.6. The van der Waals surface area contributed by atoms with Crippen LogP contribution in [0.1, 0.15) is 31.1 Å². The Morgan fingerprint density at radius 2 is 1.93 bits per heavy atom. The van der Waals surface area contributed by atoms with Crippen LogP contribution in [0.3, 0.4) is 0 Å². The van der Waals surface area contributed by atoms with Gasteiger partial charge in [-0.25, -0.2) is 9.18 Å². The van der Waals surface area contributed by atoms with E-state index < -0.39 is 28.7 Å². The molecule has 2 rings (SSSR count). The summed E-state index contributed by atoms with van der Waals surface area (Å²) in [7, 11) is 0. The van der Waals surface area contributed by atoms with Crippen LogP contribution in [0.25, 0.3) is 0 Å². The number of carbonyl (C=O) groups excluding carboxylic acids is 3. The molecule has 1 aliphatic heterocycles. The average Bonchev–Trinajstić information content (AvgIpc) is 2.85. The van der Waals surface area contributed by atoms with Crippen molar-refractivity contribution in [1.29, 1.82) is 5.41 Å². The van der Waals surface area contributed by atoms with E-state index in [2.05, 4.69) is 10.6 Å². The van der Waals surface area contributed by atoms with E-state index in [0.29, 0.717) is 0 Å². The van der Waals surface area contributed by atoms with Gasteiger partial charge in [0, 0.05) is 5.57 Å². The third-order valence-electron chi connectivity index (χ3n) is 4.28. The zero-order chi connectivity index (χ0) is 21.1. The average molecular weight is 411 g/mol. The summed E-state index contributed by atoms with van der Waals surface area (Å²) in [5.74, 6) is -1.76. The van der Waals surface area contributed by atoms with Gasteiger partial charge in [0.15, 0.2) is 0 Å². The summed E-state index contributed by atoms with van der Waals surface area (Å²) in [6.07, 6.45) is -0.875. The number of nitrogens with one attached hydrogen (secondary N) is 3. The van der Waals surface area contributed by atoms with E-state index in [4.69, 9.17) is 21.7 Å². The van der Waals surface area contributed by atoms with E-state index in [1.807, 2.05) is 0 Å². The molecule has 0 saturated carbocycles. The highest BCUT2D eigenvalue weighted by atomic mass is 35.5. The van der Waals surface area contributed by atoms with Crippen LogP contribution in [0.2, 0.25) is 0 Å². The molecule has 0 bridgehead atoms. The monoisotopic (exact) mass is 410 g/mol. The van der Waals surface area contributed by atoms with E-state index in [1.54, 1.807) is 20.8 Å². The van der Waals surface area contributed by atoms with Crippen molar-refractivity contribution in [3.63, 3.8) is 0 Å². The Kier molecular flexibility index (Phi) is 6.40. The Bertz CT molecular complexity index is 869. The molecule has 1 aromatic carbocycles. The summed E-state index contributed by atoms with van der Waals surface area (Å²) >= 11 is 5.60. The minimum absolute atomic E-state index is 0.0397. The van der Waals surface area contributed by atoms with Gasteiger partial charge in [-0.15, -0.1) is 0 Å². The van der Waals surface area contributed by atoms with E-state index in [9.17, 15) is 18.8 Å². The molecular formula is C18H20ClFN4O4. The fraction of sp³-hybridized carbons (Fsp3) is 0.333. The summed E-state index contributed by atoms with van der Waals surface area (Å²) in [5, 5.41) is 12.3. The lowest BCUT2D eigenvalue weighted by molar-refractivity contribution is 0.0958. The molecule has 28 heavy (non-hydrogen) atoms. The smallest absolute Gasteiger partial charge is 0.412 e. The van der Waals surface area contributed by atoms with Crippen LogP contribution in [0.15, 0.2) is 35.7 Å². The van der Waals surface area contributed by atoms with Crippen LogP contribution in [0, 0.1) is 11.2 Å². The second-order valence-corrected chi connectivity index (χ2v) is 6.73. The van der Waals surface area contributed by atoms with Crippen LogP contribution >= 0.6 is 11.6 Å². The number of hydrogen-bond donors (Lipinski definition) is 3. The molecule has 3 N–H and O–H groups in total. The molecule has 150 valence electrons. The molecule has 10 heteroatoms. The quantitative estimate of drug-likeness (QED) is 0.523. The van der Waals surface area contributed by atoms with Gasteiger partial charge in [-0.05, 0) is 44.5 Å². The first kappa shape index (κ1) is 21.4. The molecule has 0 unspecified atom stereocenters. The van der Waals surface area contributed by atoms with Crippen LogP contribution in [0.5, 0.6) is 0 Å². The number of carbonyl (C=O) groups is 3. The van der Waals surface area contributed by atoms with E-state index in [-0.39, 0.29) is 35.8 Å². The van der Waals surface area contributed by atoms with Gasteiger partial charge in [-0.1, -0.05) is 12.1 Å². The van der Waals surface area contributed by atoms with Crippen LogP contribution in [0.4, 0.5) is 14.0 Å². The van der Waals surface area contributed by atoms with Gasteiger partial charge < -0.3 is 20.4 Å². The standard InChI is InChI=1S/C18H20ClFN4O4/c1-4-28-17(27)23-14(22-15(25)10-7-5-6-8-12(10)20)11-9-24(16(19)26)18(2,3)13(11)21/h5-8,21H,4,9H2,1-3H3,(H,22,25)(H,23,27)/b14-11-,21-13?. The Labute approximate surface area is 166 Å². The summed E-state index contributed by atoms with van der Waals surface area (Å²) in [4.78, 5) is 37.3. The van der Waals surface area contributed by atoms with Crippen LogP contribution < -0.4 is 10.6 Å². The van der Waals surface area contributed by atoms with Crippen molar-refractivity contribution in [1.82, 2.24) is 15.5 Å². The van der Waals surface area contributed by atoms with E-state index in [0.717, 1.165) is 6.07 Å². The lowest BCUT2D eigenvalue weighted by Gasteiger charge is -2.28. The third kappa shape index (κ3) is 4.30. The SMILES string of the molecule is CCOC(=O)N/C(NC(=O)c1ccccc1F)=C1/CN(C(=O)Cl)C(C)(C)C1=N. The van der Waals surface area contributed by atoms with Crippen molar-refractivity contribution >= 4 is 34.7 Å². The van der Waals surface area contributed by atoms with Crippen LogP contribution in [-0.4, -0.2) is 46.7 Å². The van der Waals surface area contributed by atoms with Gasteiger partial charge in [-0.3, -0.25) is 14.9 Å². The highest BCUT2D eigenvalue weighted by Gasteiger charge is 2.44. The molecule has 8 nitrogen and oxygen atoms in total. The summed E-state index contributed by atoms with van der Waals surface area (Å²) in [6.45, 7) is 4.74. The number of rotatable bonds is 4. The molecular weight excluding hydrogens is 391 g/mol. The molecule has 3 amide bonds. The Hall–Kier alpha value is -2.94. The highest BCUT2D eigenvalue weighted by Crippen LogP contribution is 2.31. The van der Waals surface area contributed by atoms with Crippen molar-refractivity contribution < 1.29 is 23.5 Å². The molecule has 1 fully saturated rings. The molecule has 0 aromatic heterocycles. The first-order valence-corrected chi connectivity index (χ1v) is 8.76. The number of nitrogens with zero attached hydrogens (tertiary/aromatic N) is 1. The molecule has 0 atom stereocenters. The van der Waals surface area contributed by atoms with E-state index in [1.165, 1.54) is 23.1 Å². The molecule has 0 spiro atoms. The minimum Gasteiger partial charge on any atom is -0.450 e.